The van der Waals surface area contributed by atoms with Crippen LogP contribution in [0.1, 0.15) is 30.1 Å². The molecule has 2 fully saturated rings. The fraction of sp³-hybridized carbons (Fsp3) is 0.632. The fourth-order valence-corrected chi connectivity index (χ4v) is 4.68. The Morgan fingerprint density at radius 3 is 2.48 bits per heavy atom. The molecule has 29 heavy (non-hydrogen) atoms. The number of sulfonamides is 1. The van der Waals surface area contributed by atoms with E-state index in [9.17, 15) is 18.0 Å². The first-order chi connectivity index (χ1) is 13.8. The third kappa shape index (κ3) is 5.24. The third-order valence-electron chi connectivity index (χ3n) is 5.38. The van der Waals surface area contributed by atoms with Gasteiger partial charge in [0.15, 0.2) is 0 Å². The fourth-order valence-electron chi connectivity index (χ4n) is 3.77. The number of pyridine rings is 1. The van der Waals surface area contributed by atoms with Gasteiger partial charge in [-0.05, 0) is 31.9 Å². The first-order valence-corrected chi connectivity index (χ1v) is 11.8. The van der Waals surface area contributed by atoms with Crippen LogP contribution < -0.4 is 4.90 Å². The molecule has 3 heterocycles. The Morgan fingerprint density at radius 2 is 1.90 bits per heavy atom. The minimum absolute atomic E-state index is 0.0311. The molecule has 0 spiro atoms. The van der Waals surface area contributed by atoms with Gasteiger partial charge in [-0.15, -0.1) is 0 Å². The van der Waals surface area contributed by atoms with Gasteiger partial charge in [0.2, 0.25) is 15.9 Å². The Hall–Kier alpha value is -2.20. The first-order valence-electron chi connectivity index (χ1n) is 9.91. The van der Waals surface area contributed by atoms with Gasteiger partial charge in [0.1, 0.15) is 5.82 Å². The molecule has 1 aromatic rings. The maximum Gasteiger partial charge on any atom is 0.339 e. The van der Waals surface area contributed by atoms with E-state index in [0.29, 0.717) is 51.3 Å². The summed E-state index contributed by atoms with van der Waals surface area (Å²) in [7, 11) is -3.27. The van der Waals surface area contributed by atoms with E-state index in [1.54, 1.807) is 19.1 Å². The molecular formula is C19H28N4O5S. The number of aromatic nitrogens is 1. The smallest absolute Gasteiger partial charge is 0.339 e. The highest BCUT2D eigenvalue weighted by molar-refractivity contribution is 7.88. The monoisotopic (exact) mass is 424 g/mol. The number of ether oxygens (including phenoxy) is 1. The van der Waals surface area contributed by atoms with E-state index in [1.807, 2.05) is 4.90 Å². The molecule has 10 heteroatoms. The number of anilines is 1. The summed E-state index contributed by atoms with van der Waals surface area (Å²) in [5.74, 6) is 0.124. The van der Waals surface area contributed by atoms with Crippen LogP contribution in [0.15, 0.2) is 18.3 Å². The first kappa shape index (κ1) is 21.5. The van der Waals surface area contributed by atoms with Crippen LogP contribution in [0.5, 0.6) is 0 Å². The molecule has 2 saturated heterocycles. The zero-order chi connectivity index (χ0) is 21.0. The Labute approximate surface area is 171 Å². The zero-order valence-electron chi connectivity index (χ0n) is 16.9. The molecule has 0 saturated carbocycles. The third-order valence-corrected chi connectivity index (χ3v) is 6.65. The van der Waals surface area contributed by atoms with E-state index in [1.165, 1.54) is 16.8 Å². The molecule has 160 valence electrons. The largest absolute Gasteiger partial charge is 0.462 e. The standard InChI is InChI=1S/C19H28N4O5S/c1-3-28-19(25)15-6-7-17(20-13-15)21-9-11-22(12-10-21)18(24)16-5-4-8-23(14-16)29(2,26)27/h6-7,13,16H,3-5,8-12,14H2,1-2H3. The van der Waals surface area contributed by atoms with Gasteiger partial charge in [-0.1, -0.05) is 0 Å². The van der Waals surface area contributed by atoms with Crippen LogP contribution in [0.2, 0.25) is 0 Å². The Kier molecular flexibility index (Phi) is 6.74. The Balaban J connectivity index is 1.55. The lowest BCUT2D eigenvalue weighted by molar-refractivity contribution is -0.137. The average molecular weight is 425 g/mol. The average Bonchev–Trinajstić information content (AvgIpc) is 2.73. The van der Waals surface area contributed by atoms with E-state index < -0.39 is 16.0 Å². The number of hydrogen-bond acceptors (Lipinski definition) is 7. The predicted octanol–water partition coefficient (Wildman–Crippen LogP) is 0.579. The Bertz CT molecular complexity index is 835. The molecule has 0 radical (unpaired) electrons. The number of piperazine rings is 1. The van der Waals surface area contributed by atoms with Crippen LogP contribution in [-0.2, 0) is 19.6 Å². The van der Waals surface area contributed by atoms with Crippen molar-refractivity contribution in [1.82, 2.24) is 14.2 Å². The number of carbonyl (C=O) groups is 2. The molecule has 0 aromatic carbocycles. The summed E-state index contributed by atoms with van der Waals surface area (Å²) < 4.78 is 30.0. The normalized spacial score (nSPS) is 21.1. The minimum atomic E-state index is -3.27. The van der Waals surface area contributed by atoms with Gasteiger partial charge in [-0.2, -0.15) is 0 Å². The van der Waals surface area contributed by atoms with Gasteiger partial charge in [-0.25, -0.2) is 22.5 Å². The summed E-state index contributed by atoms with van der Waals surface area (Å²) in [5.41, 5.74) is 0.414. The van der Waals surface area contributed by atoms with Gasteiger partial charge in [0.25, 0.3) is 0 Å². The van der Waals surface area contributed by atoms with Crippen molar-refractivity contribution in [3.8, 4) is 0 Å². The number of hydrogen-bond donors (Lipinski definition) is 0. The van der Waals surface area contributed by atoms with Crippen molar-refractivity contribution in [3.05, 3.63) is 23.9 Å². The molecule has 9 nitrogen and oxygen atoms in total. The molecule has 1 amide bonds. The molecule has 1 unspecified atom stereocenters. The summed E-state index contributed by atoms with van der Waals surface area (Å²) in [6, 6.07) is 3.48. The van der Waals surface area contributed by atoms with Gasteiger partial charge in [-0.3, -0.25) is 4.79 Å². The lowest BCUT2D eigenvalue weighted by Crippen LogP contribution is -2.53. The van der Waals surface area contributed by atoms with Crippen LogP contribution in [0.25, 0.3) is 0 Å². The molecule has 0 aliphatic carbocycles. The number of nitrogens with zero attached hydrogens (tertiary/aromatic N) is 4. The number of amides is 1. The molecular weight excluding hydrogens is 396 g/mol. The second-order valence-electron chi connectivity index (χ2n) is 7.40. The molecule has 2 aliphatic heterocycles. The SMILES string of the molecule is CCOC(=O)c1ccc(N2CCN(C(=O)C3CCCN(S(C)(=O)=O)C3)CC2)nc1. The summed E-state index contributed by atoms with van der Waals surface area (Å²) in [6.07, 6.45) is 4.13. The summed E-state index contributed by atoms with van der Waals surface area (Å²) in [6.45, 7) is 5.25. The van der Waals surface area contributed by atoms with E-state index in [0.717, 1.165) is 12.2 Å². The van der Waals surface area contributed by atoms with Crippen LogP contribution in [0.3, 0.4) is 0 Å². The van der Waals surface area contributed by atoms with Crippen LogP contribution >= 0.6 is 0 Å². The van der Waals surface area contributed by atoms with Crippen molar-refractivity contribution in [1.29, 1.82) is 0 Å². The highest BCUT2D eigenvalue weighted by Gasteiger charge is 2.33. The van der Waals surface area contributed by atoms with Crippen molar-refractivity contribution in [2.75, 3.05) is 57.0 Å². The second kappa shape index (κ2) is 9.08. The van der Waals surface area contributed by atoms with Crippen LogP contribution in [-0.4, -0.2) is 86.6 Å². The molecule has 3 rings (SSSR count). The van der Waals surface area contributed by atoms with Gasteiger partial charge in [0.05, 0.1) is 24.3 Å². The number of carbonyl (C=O) groups excluding carboxylic acids is 2. The van der Waals surface area contributed by atoms with Gasteiger partial charge >= 0.3 is 5.97 Å². The van der Waals surface area contributed by atoms with Crippen LogP contribution in [0.4, 0.5) is 5.82 Å². The van der Waals surface area contributed by atoms with Crippen molar-refractivity contribution >= 4 is 27.7 Å². The second-order valence-corrected chi connectivity index (χ2v) is 9.38. The van der Waals surface area contributed by atoms with Crippen molar-refractivity contribution in [3.63, 3.8) is 0 Å². The molecule has 0 N–H and O–H groups in total. The highest BCUT2D eigenvalue weighted by Crippen LogP contribution is 2.22. The van der Waals surface area contributed by atoms with Crippen molar-refractivity contribution in [2.24, 2.45) is 5.92 Å². The van der Waals surface area contributed by atoms with Gasteiger partial charge < -0.3 is 14.5 Å². The molecule has 0 bridgehead atoms. The number of piperidine rings is 1. The summed E-state index contributed by atoms with van der Waals surface area (Å²) >= 11 is 0. The number of rotatable bonds is 5. The van der Waals surface area contributed by atoms with E-state index in [4.69, 9.17) is 4.74 Å². The lowest BCUT2D eigenvalue weighted by Gasteiger charge is -2.38. The molecule has 1 atom stereocenters. The summed E-state index contributed by atoms with van der Waals surface area (Å²) in [5, 5.41) is 0. The maximum absolute atomic E-state index is 12.9. The van der Waals surface area contributed by atoms with Crippen molar-refractivity contribution in [2.45, 2.75) is 19.8 Å². The molecule has 2 aliphatic rings. The number of esters is 1. The molecule has 1 aromatic heterocycles. The summed E-state index contributed by atoms with van der Waals surface area (Å²) in [4.78, 5) is 32.8. The van der Waals surface area contributed by atoms with E-state index >= 15 is 0 Å². The predicted molar refractivity (Wildman–Crippen MR) is 108 cm³/mol. The quantitative estimate of drug-likeness (QED) is 0.638. The minimum Gasteiger partial charge on any atom is -0.462 e. The van der Waals surface area contributed by atoms with E-state index in [2.05, 4.69) is 9.88 Å². The lowest BCUT2D eigenvalue weighted by atomic mass is 9.98. The maximum atomic E-state index is 12.9. The van der Waals surface area contributed by atoms with Crippen LogP contribution in [0, 0.1) is 5.92 Å². The topological polar surface area (TPSA) is 100 Å². The highest BCUT2D eigenvalue weighted by atomic mass is 32.2. The van der Waals surface area contributed by atoms with E-state index in [-0.39, 0.29) is 18.4 Å². The van der Waals surface area contributed by atoms with Gasteiger partial charge in [0, 0.05) is 45.5 Å². The Morgan fingerprint density at radius 1 is 1.17 bits per heavy atom. The zero-order valence-corrected chi connectivity index (χ0v) is 17.7. The van der Waals surface area contributed by atoms with Crippen molar-refractivity contribution < 1.29 is 22.7 Å².